The van der Waals surface area contributed by atoms with Crippen LogP contribution in [0, 0.1) is 0 Å². The van der Waals surface area contributed by atoms with E-state index in [1.54, 1.807) is 0 Å². The third kappa shape index (κ3) is 0.926. The van der Waals surface area contributed by atoms with Gasteiger partial charge in [0.1, 0.15) is 0 Å². The number of rotatable bonds is 1. The van der Waals surface area contributed by atoms with Crippen LogP contribution in [0.25, 0.3) is 0 Å². The Labute approximate surface area is 59.0 Å². The Bertz CT molecular complexity index is 135. The van der Waals surface area contributed by atoms with E-state index in [2.05, 4.69) is 0 Å². The van der Waals surface area contributed by atoms with E-state index in [1.165, 1.54) is 6.42 Å². The fourth-order valence-electron chi connectivity index (χ4n) is 1.56. The molecule has 10 heavy (non-hydrogen) atoms. The highest BCUT2D eigenvalue weighted by Gasteiger charge is 2.47. The molecule has 1 saturated carbocycles. The van der Waals surface area contributed by atoms with Gasteiger partial charge in [0.2, 0.25) is 0 Å². The zero-order valence-electron chi connectivity index (χ0n) is 5.82. The summed E-state index contributed by atoms with van der Waals surface area (Å²) in [5.74, 6) is -2.37. The maximum Gasteiger partial charge on any atom is 0.272 e. The highest BCUT2D eigenvalue weighted by atomic mass is 19.3. The lowest BCUT2D eigenvalue weighted by molar-refractivity contribution is -0.155. The minimum Gasteiger partial charge on any atom is -0.288 e. The first-order chi connectivity index (χ1) is 4.67. The smallest absolute Gasteiger partial charge is 0.272 e. The van der Waals surface area contributed by atoms with Crippen LogP contribution in [0.2, 0.25) is 0 Å². The van der Waals surface area contributed by atoms with Crippen LogP contribution in [0.5, 0.6) is 0 Å². The number of alkyl halides is 2. The van der Waals surface area contributed by atoms with Gasteiger partial charge in [-0.25, -0.2) is 8.78 Å². The van der Waals surface area contributed by atoms with Gasteiger partial charge in [0.05, 0.1) is 13.1 Å². The summed E-state index contributed by atoms with van der Waals surface area (Å²) in [5.41, 5.74) is 0. The van der Waals surface area contributed by atoms with Crippen LogP contribution < -0.4 is 0 Å². The standard InChI is InChI=1S/C7H11F2N/c8-7(9)4-10(5-7)6-2-1-3-6/h6H,1-5H2. The molecule has 0 aromatic heterocycles. The Balaban J connectivity index is 1.79. The first-order valence-electron chi connectivity index (χ1n) is 3.79. The molecule has 0 amide bonds. The van der Waals surface area contributed by atoms with E-state index in [9.17, 15) is 8.78 Å². The summed E-state index contributed by atoms with van der Waals surface area (Å²) >= 11 is 0. The quantitative estimate of drug-likeness (QED) is 0.543. The molecule has 58 valence electrons. The van der Waals surface area contributed by atoms with Gasteiger partial charge in [-0.3, -0.25) is 4.90 Å². The zero-order chi connectivity index (χ0) is 7.19. The number of hydrogen-bond acceptors (Lipinski definition) is 1. The van der Waals surface area contributed by atoms with Gasteiger partial charge in [-0.15, -0.1) is 0 Å². The van der Waals surface area contributed by atoms with Crippen molar-refractivity contribution in [2.45, 2.75) is 31.2 Å². The molecule has 1 aliphatic carbocycles. The molecule has 2 fully saturated rings. The molecule has 1 nitrogen and oxygen atoms in total. The lowest BCUT2D eigenvalue weighted by atomic mass is 9.89. The second kappa shape index (κ2) is 1.91. The molecule has 0 unspecified atom stereocenters. The second-order valence-corrected chi connectivity index (χ2v) is 3.35. The summed E-state index contributed by atoms with van der Waals surface area (Å²) in [5, 5.41) is 0. The highest BCUT2D eigenvalue weighted by molar-refractivity contribution is 4.93. The van der Waals surface area contributed by atoms with Crippen molar-refractivity contribution in [3.63, 3.8) is 0 Å². The van der Waals surface area contributed by atoms with Crippen molar-refractivity contribution in [3.8, 4) is 0 Å². The Morgan fingerprint density at radius 3 is 2.10 bits per heavy atom. The maximum absolute atomic E-state index is 12.3. The summed E-state index contributed by atoms with van der Waals surface area (Å²) in [4.78, 5) is 1.89. The normalized spacial score (nSPS) is 33.0. The van der Waals surface area contributed by atoms with E-state index < -0.39 is 5.92 Å². The van der Waals surface area contributed by atoms with Crippen molar-refractivity contribution in [3.05, 3.63) is 0 Å². The van der Waals surface area contributed by atoms with Crippen LogP contribution in [0.1, 0.15) is 19.3 Å². The van der Waals surface area contributed by atoms with Crippen LogP contribution >= 0.6 is 0 Å². The van der Waals surface area contributed by atoms with Gasteiger partial charge in [0.25, 0.3) is 5.92 Å². The van der Waals surface area contributed by atoms with Crippen molar-refractivity contribution >= 4 is 0 Å². The summed E-state index contributed by atoms with van der Waals surface area (Å²) in [6.07, 6.45) is 3.50. The molecular weight excluding hydrogens is 136 g/mol. The molecular formula is C7H11F2N. The average molecular weight is 147 g/mol. The molecule has 0 radical (unpaired) electrons. The van der Waals surface area contributed by atoms with Crippen molar-refractivity contribution in [2.75, 3.05) is 13.1 Å². The third-order valence-corrected chi connectivity index (χ3v) is 2.46. The zero-order valence-corrected chi connectivity index (χ0v) is 5.82. The molecule has 1 heterocycles. The summed E-state index contributed by atoms with van der Waals surface area (Å²) in [6.45, 7) is 0.0231. The lowest BCUT2D eigenvalue weighted by Crippen LogP contribution is -2.61. The van der Waals surface area contributed by atoms with Crippen molar-refractivity contribution in [2.24, 2.45) is 0 Å². The van der Waals surface area contributed by atoms with Crippen molar-refractivity contribution < 1.29 is 8.78 Å². The van der Waals surface area contributed by atoms with Gasteiger partial charge in [-0.1, -0.05) is 6.42 Å². The van der Waals surface area contributed by atoms with E-state index in [4.69, 9.17) is 0 Å². The van der Waals surface area contributed by atoms with Gasteiger partial charge in [0, 0.05) is 6.04 Å². The molecule has 0 aromatic rings. The molecule has 1 aliphatic heterocycles. The van der Waals surface area contributed by atoms with Crippen LogP contribution in [0.15, 0.2) is 0 Å². The van der Waals surface area contributed by atoms with Gasteiger partial charge in [0.15, 0.2) is 0 Å². The largest absolute Gasteiger partial charge is 0.288 e. The van der Waals surface area contributed by atoms with Crippen LogP contribution in [-0.4, -0.2) is 30.0 Å². The Kier molecular flexibility index (Phi) is 1.24. The van der Waals surface area contributed by atoms with E-state index in [-0.39, 0.29) is 13.1 Å². The van der Waals surface area contributed by atoms with Crippen molar-refractivity contribution in [1.29, 1.82) is 0 Å². The Morgan fingerprint density at radius 2 is 1.80 bits per heavy atom. The Hall–Kier alpha value is -0.180. The summed E-state index contributed by atoms with van der Waals surface area (Å²) < 4.78 is 24.5. The molecule has 0 N–H and O–H groups in total. The molecule has 0 spiro atoms. The first kappa shape index (κ1) is 6.53. The fourth-order valence-corrected chi connectivity index (χ4v) is 1.56. The highest BCUT2D eigenvalue weighted by Crippen LogP contribution is 2.35. The van der Waals surface area contributed by atoms with E-state index in [0.29, 0.717) is 6.04 Å². The van der Waals surface area contributed by atoms with E-state index in [0.717, 1.165) is 12.8 Å². The number of nitrogens with zero attached hydrogens (tertiary/aromatic N) is 1. The van der Waals surface area contributed by atoms with Crippen LogP contribution in [-0.2, 0) is 0 Å². The van der Waals surface area contributed by atoms with Gasteiger partial charge < -0.3 is 0 Å². The minimum absolute atomic E-state index is 0.0116. The monoisotopic (exact) mass is 147 g/mol. The van der Waals surface area contributed by atoms with Crippen molar-refractivity contribution in [1.82, 2.24) is 4.90 Å². The molecule has 0 atom stereocenters. The topological polar surface area (TPSA) is 3.24 Å². The van der Waals surface area contributed by atoms with E-state index >= 15 is 0 Å². The van der Waals surface area contributed by atoms with Crippen LogP contribution in [0.4, 0.5) is 8.78 Å². The molecule has 0 bridgehead atoms. The predicted molar refractivity (Wildman–Crippen MR) is 34.2 cm³/mol. The second-order valence-electron chi connectivity index (χ2n) is 3.35. The predicted octanol–water partition coefficient (Wildman–Crippen LogP) is 1.49. The number of halogens is 2. The maximum atomic E-state index is 12.3. The summed E-state index contributed by atoms with van der Waals surface area (Å²) in [7, 11) is 0. The minimum atomic E-state index is -2.37. The molecule has 2 aliphatic rings. The van der Waals surface area contributed by atoms with Gasteiger partial charge in [-0.2, -0.15) is 0 Å². The fraction of sp³-hybridized carbons (Fsp3) is 1.00. The number of likely N-dealkylation sites (tertiary alicyclic amines) is 1. The summed E-state index contributed by atoms with van der Waals surface area (Å²) in [6, 6.07) is 0.500. The third-order valence-electron chi connectivity index (χ3n) is 2.46. The molecule has 3 heteroatoms. The SMILES string of the molecule is FC1(F)CN(C2CCC2)C1. The average Bonchev–Trinajstić information content (AvgIpc) is 1.54. The molecule has 0 aromatic carbocycles. The van der Waals surface area contributed by atoms with Gasteiger partial charge in [-0.05, 0) is 12.8 Å². The van der Waals surface area contributed by atoms with Crippen LogP contribution in [0.3, 0.4) is 0 Å². The Morgan fingerprint density at radius 1 is 1.20 bits per heavy atom. The molecule has 2 rings (SSSR count). The molecule has 1 saturated heterocycles. The lowest BCUT2D eigenvalue weighted by Gasteiger charge is -2.47. The first-order valence-corrected chi connectivity index (χ1v) is 3.79. The van der Waals surface area contributed by atoms with Gasteiger partial charge >= 0.3 is 0 Å². The van der Waals surface area contributed by atoms with E-state index in [1.807, 2.05) is 4.90 Å². The number of hydrogen-bond donors (Lipinski definition) is 0.